The van der Waals surface area contributed by atoms with Gasteiger partial charge in [0.25, 0.3) is 0 Å². The highest BCUT2D eigenvalue weighted by Gasteiger charge is 2.39. The molecule has 0 radical (unpaired) electrons. The molecule has 0 spiro atoms. The van der Waals surface area contributed by atoms with Crippen LogP contribution < -0.4 is 0 Å². The molecule has 0 aliphatic carbocycles. The van der Waals surface area contributed by atoms with Crippen LogP contribution >= 0.6 is 0 Å². The first-order valence-electron chi connectivity index (χ1n) is 5.88. The summed E-state index contributed by atoms with van der Waals surface area (Å²) in [5.74, 6) is -1.18. The number of aromatic nitrogens is 2. The lowest BCUT2D eigenvalue weighted by molar-refractivity contribution is -0.144. The van der Waals surface area contributed by atoms with Gasteiger partial charge in [0.2, 0.25) is 0 Å². The highest BCUT2D eigenvalue weighted by Crippen LogP contribution is 2.35. The largest absolute Gasteiger partial charge is 0.478 e. The van der Waals surface area contributed by atoms with Crippen molar-refractivity contribution in [1.29, 1.82) is 0 Å². The Bertz CT molecular complexity index is 660. The summed E-state index contributed by atoms with van der Waals surface area (Å²) in [4.78, 5) is 10.7. The fraction of sp³-hybridized carbons (Fsp3) is 0.231. The molecule has 2 N–H and O–H groups in total. The number of nitrogens with zero attached hydrogens (tertiary/aromatic N) is 2. The fourth-order valence-electron chi connectivity index (χ4n) is 1.89. The lowest BCUT2D eigenvalue weighted by atomic mass is 10.1. The Balaban J connectivity index is 2.56. The molecule has 112 valence electrons. The Morgan fingerprint density at radius 3 is 2.29 bits per heavy atom. The number of halogens is 3. The molecule has 1 atom stereocenters. The molecule has 0 amide bonds. The number of rotatable bonds is 3. The van der Waals surface area contributed by atoms with Crippen LogP contribution in [0.2, 0.25) is 0 Å². The van der Waals surface area contributed by atoms with Gasteiger partial charge in [-0.05, 0) is 31.2 Å². The van der Waals surface area contributed by atoms with Crippen LogP contribution in [0.5, 0.6) is 0 Å². The molecule has 0 saturated heterocycles. The van der Waals surface area contributed by atoms with E-state index in [0.717, 1.165) is 6.20 Å². The average molecular weight is 300 g/mol. The van der Waals surface area contributed by atoms with Crippen LogP contribution in [0.3, 0.4) is 0 Å². The smallest absolute Gasteiger partial charge is 0.433 e. The van der Waals surface area contributed by atoms with E-state index in [1.165, 1.54) is 31.2 Å². The Labute approximate surface area is 117 Å². The van der Waals surface area contributed by atoms with Crippen LogP contribution in [-0.2, 0) is 6.18 Å². The quantitative estimate of drug-likeness (QED) is 0.913. The van der Waals surface area contributed by atoms with Crippen LogP contribution in [0.1, 0.15) is 34.6 Å². The summed E-state index contributed by atoms with van der Waals surface area (Å²) >= 11 is 0. The van der Waals surface area contributed by atoms with E-state index in [4.69, 9.17) is 5.11 Å². The lowest BCUT2D eigenvalue weighted by Gasteiger charge is -2.14. The highest BCUT2D eigenvalue weighted by atomic mass is 19.4. The topological polar surface area (TPSA) is 75.4 Å². The summed E-state index contributed by atoms with van der Waals surface area (Å²) in [6.07, 6.45) is -5.08. The highest BCUT2D eigenvalue weighted by molar-refractivity contribution is 5.87. The molecule has 1 aromatic heterocycles. The number of aliphatic hydroxyl groups is 1. The molecule has 0 saturated carbocycles. The summed E-state index contributed by atoms with van der Waals surface area (Å²) in [7, 11) is 0. The Hall–Kier alpha value is -2.35. The molecule has 2 aromatic rings. The van der Waals surface area contributed by atoms with Gasteiger partial charge in [0.1, 0.15) is 0 Å². The Morgan fingerprint density at radius 2 is 1.86 bits per heavy atom. The van der Waals surface area contributed by atoms with Crippen molar-refractivity contribution in [2.24, 2.45) is 0 Å². The predicted molar refractivity (Wildman–Crippen MR) is 66.2 cm³/mol. The van der Waals surface area contributed by atoms with Gasteiger partial charge in [0, 0.05) is 5.56 Å². The monoisotopic (exact) mass is 300 g/mol. The second kappa shape index (κ2) is 5.21. The first-order valence-corrected chi connectivity index (χ1v) is 5.88. The number of carbonyl (C=O) groups is 1. The fourth-order valence-corrected chi connectivity index (χ4v) is 1.89. The third-order valence-electron chi connectivity index (χ3n) is 2.87. The standard InChI is InChI=1S/C13H11F3N2O3/c1-7(19)10-6-17-18(11(10)13(14,15)16)9-4-2-8(3-5-9)12(20)21/h2-7,19H,1H3,(H,20,21). The number of hydrogen-bond donors (Lipinski definition) is 2. The molecule has 0 aliphatic heterocycles. The van der Waals surface area contributed by atoms with Gasteiger partial charge in [-0.3, -0.25) is 0 Å². The van der Waals surface area contributed by atoms with E-state index >= 15 is 0 Å². The van der Waals surface area contributed by atoms with E-state index < -0.39 is 23.9 Å². The Kier molecular flexibility index (Phi) is 3.73. The van der Waals surface area contributed by atoms with Crippen molar-refractivity contribution in [2.75, 3.05) is 0 Å². The van der Waals surface area contributed by atoms with Crippen LogP contribution in [-0.4, -0.2) is 26.0 Å². The first kappa shape index (κ1) is 15.0. The number of aliphatic hydroxyl groups excluding tert-OH is 1. The predicted octanol–water partition coefficient (Wildman–Crippen LogP) is 2.64. The van der Waals surface area contributed by atoms with Crippen LogP contribution in [0.4, 0.5) is 13.2 Å². The van der Waals surface area contributed by atoms with Crippen LogP contribution in [0.15, 0.2) is 30.5 Å². The third kappa shape index (κ3) is 2.89. The second-order valence-electron chi connectivity index (χ2n) is 4.39. The number of carboxylic acid groups (broad SMARTS) is 1. The molecule has 1 unspecified atom stereocenters. The van der Waals surface area contributed by atoms with Gasteiger partial charge < -0.3 is 10.2 Å². The maximum absolute atomic E-state index is 13.1. The number of hydrogen-bond acceptors (Lipinski definition) is 3. The van der Waals surface area contributed by atoms with E-state index in [1.807, 2.05) is 0 Å². The van der Waals surface area contributed by atoms with Crippen molar-refractivity contribution in [3.63, 3.8) is 0 Å². The molecule has 8 heteroatoms. The zero-order valence-electron chi connectivity index (χ0n) is 10.8. The van der Waals surface area contributed by atoms with Gasteiger partial charge in [0.05, 0.1) is 23.6 Å². The van der Waals surface area contributed by atoms with E-state index in [-0.39, 0.29) is 16.8 Å². The molecular weight excluding hydrogens is 289 g/mol. The number of carboxylic acids is 1. The molecular formula is C13H11F3N2O3. The van der Waals surface area contributed by atoms with Crippen molar-refractivity contribution in [3.05, 3.63) is 47.3 Å². The summed E-state index contributed by atoms with van der Waals surface area (Å²) in [6.45, 7) is 1.21. The van der Waals surface area contributed by atoms with E-state index in [2.05, 4.69) is 5.10 Å². The summed E-state index contributed by atoms with van der Waals surface area (Å²) in [6, 6.07) is 4.80. The van der Waals surface area contributed by atoms with Crippen molar-refractivity contribution in [2.45, 2.75) is 19.2 Å². The molecule has 0 fully saturated rings. The minimum atomic E-state index is -4.70. The average Bonchev–Trinajstić information content (AvgIpc) is 2.83. The van der Waals surface area contributed by atoms with Crippen molar-refractivity contribution in [1.82, 2.24) is 9.78 Å². The Morgan fingerprint density at radius 1 is 1.29 bits per heavy atom. The second-order valence-corrected chi connectivity index (χ2v) is 4.39. The minimum absolute atomic E-state index is 0.0461. The van der Waals surface area contributed by atoms with Gasteiger partial charge in [-0.15, -0.1) is 0 Å². The molecule has 0 bridgehead atoms. The first-order chi connectivity index (χ1) is 9.71. The number of aromatic carboxylic acids is 1. The van der Waals surface area contributed by atoms with Crippen molar-refractivity contribution < 1.29 is 28.2 Å². The van der Waals surface area contributed by atoms with E-state index in [0.29, 0.717) is 4.68 Å². The summed E-state index contributed by atoms with van der Waals surface area (Å²) < 4.78 is 40.0. The van der Waals surface area contributed by atoms with E-state index in [9.17, 15) is 23.1 Å². The molecule has 1 aromatic carbocycles. The van der Waals surface area contributed by atoms with Gasteiger partial charge in [0.15, 0.2) is 5.69 Å². The SMILES string of the molecule is CC(O)c1cnn(-c2ccc(C(=O)O)cc2)c1C(F)(F)F. The van der Waals surface area contributed by atoms with Gasteiger partial charge in [-0.2, -0.15) is 18.3 Å². The molecule has 0 aliphatic rings. The number of alkyl halides is 3. The van der Waals surface area contributed by atoms with Gasteiger partial charge >= 0.3 is 12.1 Å². The van der Waals surface area contributed by atoms with Gasteiger partial charge in [-0.25, -0.2) is 9.48 Å². The lowest BCUT2D eigenvalue weighted by Crippen LogP contribution is -2.16. The molecule has 1 heterocycles. The van der Waals surface area contributed by atoms with E-state index in [1.54, 1.807) is 0 Å². The zero-order chi connectivity index (χ0) is 15.8. The van der Waals surface area contributed by atoms with Crippen molar-refractivity contribution >= 4 is 5.97 Å². The third-order valence-corrected chi connectivity index (χ3v) is 2.87. The maximum atomic E-state index is 13.1. The molecule has 21 heavy (non-hydrogen) atoms. The summed E-state index contributed by atoms with van der Waals surface area (Å²) in [5.41, 5.74) is -1.42. The van der Waals surface area contributed by atoms with Crippen LogP contribution in [0, 0.1) is 0 Å². The molecule has 5 nitrogen and oxygen atoms in total. The normalized spacial score (nSPS) is 13.2. The molecule has 2 rings (SSSR count). The summed E-state index contributed by atoms with van der Waals surface area (Å²) in [5, 5.41) is 21.8. The maximum Gasteiger partial charge on any atom is 0.433 e. The van der Waals surface area contributed by atoms with Crippen LogP contribution in [0.25, 0.3) is 5.69 Å². The van der Waals surface area contributed by atoms with Crippen molar-refractivity contribution in [3.8, 4) is 5.69 Å². The minimum Gasteiger partial charge on any atom is -0.478 e. The number of benzene rings is 1. The zero-order valence-corrected chi connectivity index (χ0v) is 10.8. The van der Waals surface area contributed by atoms with Gasteiger partial charge in [-0.1, -0.05) is 0 Å².